The molecular weight excluding hydrogens is 242 g/mol. The van der Waals surface area contributed by atoms with Crippen LogP contribution < -0.4 is 11.1 Å². The van der Waals surface area contributed by atoms with Crippen molar-refractivity contribution in [3.8, 4) is 0 Å². The van der Waals surface area contributed by atoms with Gasteiger partial charge in [-0.05, 0) is 12.1 Å². The zero-order valence-electron chi connectivity index (χ0n) is 9.01. The summed E-state index contributed by atoms with van der Waals surface area (Å²) in [5.41, 5.74) is 6.21. The van der Waals surface area contributed by atoms with Gasteiger partial charge >= 0.3 is 0 Å². The minimum absolute atomic E-state index is 0.270. The number of nitrogens with zero attached hydrogens (tertiary/aromatic N) is 3. The van der Waals surface area contributed by atoms with Crippen LogP contribution in [0.1, 0.15) is 10.5 Å². The molecule has 1 amide bonds. The van der Waals surface area contributed by atoms with E-state index < -0.39 is 5.91 Å². The van der Waals surface area contributed by atoms with Crippen LogP contribution in [0.5, 0.6) is 0 Å². The van der Waals surface area contributed by atoms with Crippen LogP contribution in [0, 0.1) is 0 Å². The molecule has 0 saturated heterocycles. The molecule has 2 heterocycles. The summed E-state index contributed by atoms with van der Waals surface area (Å²) in [6, 6.07) is 3.31. The van der Waals surface area contributed by atoms with E-state index >= 15 is 0 Å². The number of hydrogen-bond donors (Lipinski definition) is 2. The summed E-state index contributed by atoms with van der Waals surface area (Å²) in [6.45, 7) is 0. The molecule has 88 valence electrons. The third-order valence-corrected chi connectivity index (χ3v) is 2.48. The summed E-state index contributed by atoms with van der Waals surface area (Å²) in [7, 11) is 1.63. The lowest BCUT2D eigenvalue weighted by atomic mass is 10.3. The lowest BCUT2D eigenvalue weighted by Gasteiger charge is -2.06. The largest absolute Gasteiger partial charge is 0.396 e. The van der Waals surface area contributed by atoms with E-state index in [1.54, 1.807) is 19.2 Å². The van der Waals surface area contributed by atoms with Gasteiger partial charge < -0.3 is 11.1 Å². The molecule has 0 aliphatic carbocycles. The lowest BCUT2D eigenvalue weighted by molar-refractivity contribution is 0.101. The topological polar surface area (TPSA) is 85.8 Å². The predicted molar refractivity (Wildman–Crippen MR) is 64.8 cm³/mol. The van der Waals surface area contributed by atoms with Gasteiger partial charge in [0.1, 0.15) is 5.69 Å². The second-order valence-corrected chi connectivity index (χ2v) is 3.77. The van der Waals surface area contributed by atoms with Gasteiger partial charge in [0.25, 0.3) is 5.91 Å². The summed E-state index contributed by atoms with van der Waals surface area (Å²) < 4.78 is 1.39. The van der Waals surface area contributed by atoms with E-state index in [4.69, 9.17) is 17.3 Å². The molecule has 0 spiro atoms. The molecule has 2 aromatic rings. The number of nitrogen functional groups attached to an aromatic ring is 1. The fraction of sp³-hybridized carbons (Fsp3) is 0.100. The second-order valence-electron chi connectivity index (χ2n) is 3.36. The number of amides is 1. The Hall–Kier alpha value is -2.08. The number of anilines is 2. The third kappa shape index (κ3) is 2.21. The molecular formula is C10H10ClN5O. The normalized spacial score (nSPS) is 10.2. The molecule has 2 aromatic heterocycles. The molecule has 17 heavy (non-hydrogen) atoms. The SMILES string of the molecule is Cn1ncc(N)c1C(=O)Nc1ncccc1Cl. The summed E-state index contributed by atoms with van der Waals surface area (Å²) >= 11 is 5.88. The number of halogens is 1. The van der Waals surface area contributed by atoms with Gasteiger partial charge in [0, 0.05) is 13.2 Å². The second kappa shape index (κ2) is 4.42. The quantitative estimate of drug-likeness (QED) is 0.842. The Morgan fingerprint density at radius 2 is 2.35 bits per heavy atom. The van der Waals surface area contributed by atoms with E-state index in [-0.39, 0.29) is 5.69 Å². The van der Waals surface area contributed by atoms with Crippen LogP contribution in [-0.2, 0) is 7.05 Å². The van der Waals surface area contributed by atoms with E-state index in [2.05, 4.69) is 15.4 Å². The van der Waals surface area contributed by atoms with Crippen molar-refractivity contribution in [3.05, 3.63) is 35.2 Å². The van der Waals surface area contributed by atoms with Crippen LogP contribution >= 0.6 is 11.6 Å². The van der Waals surface area contributed by atoms with E-state index in [0.717, 1.165) is 0 Å². The fourth-order valence-electron chi connectivity index (χ4n) is 1.38. The van der Waals surface area contributed by atoms with Crippen molar-refractivity contribution in [2.24, 2.45) is 7.05 Å². The Morgan fingerprint density at radius 3 is 2.94 bits per heavy atom. The molecule has 0 radical (unpaired) electrons. The summed E-state index contributed by atoms with van der Waals surface area (Å²) in [6.07, 6.45) is 2.95. The first-order chi connectivity index (χ1) is 8.09. The van der Waals surface area contributed by atoms with Gasteiger partial charge in [-0.15, -0.1) is 0 Å². The van der Waals surface area contributed by atoms with Gasteiger partial charge in [-0.3, -0.25) is 9.48 Å². The van der Waals surface area contributed by atoms with E-state index in [9.17, 15) is 4.79 Å². The molecule has 0 fully saturated rings. The highest BCUT2D eigenvalue weighted by atomic mass is 35.5. The Labute approximate surface area is 102 Å². The number of rotatable bonds is 2. The summed E-state index contributed by atoms with van der Waals surface area (Å²) in [5.74, 6) is -0.108. The predicted octanol–water partition coefficient (Wildman–Crippen LogP) is 1.30. The standard InChI is InChI=1S/C10H10ClN5O/c1-16-8(7(12)5-14-16)10(17)15-9-6(11)3-2-4-13-9/h2-5H,12H2,1H3,(H,13,15,17). The highest BCUT2D eigenvalue weighted by Crippen LogP contribution is 2.19. The monoisotopic (exact) mass is 251 g/mol. The average Bonchev–Trinajstić information content (AvgIpc) is 2.62. The van der Waals surface area contributed by atoms with E-state index in [0.29, 0.717) is 16.5 Å². The third-order valence-electron chi connectivity index (χ3n) is 2.17. The lowest BCUT2D eigenvalue weighted by Crippen LogP contribution is -2.18. The van der Waals surface area contributed by atoms with Crippen LogP contribution in [0.25, 0.3) is 0 Å². The van der Waals surface area contributed by atoms with Gasteiger partial charge in [-0.1, -0.05) is 11.6 Å². The molecule has 2 rings (SSSR count). The van der Waals surface area contributed by atoms with Crippen LogP contribution in [0.2, 0.25) is 5.02 Å². The fourth-order valence-corrected chi connectivity index (χ4v) is 1.55. The number of carbonyl (C=O) groups is 1. The number of hydrogen-bond acceptors (Lipinski definition) is 4. The van der Waals surface area contributed by atoms with Crippen molar-refractivity contribution in [2.45, 2.75) is 0 Å². The zero-order valence-corrected chi connectivity index (χ0v) is 9.77. The molecule has 3 N–H and O–H groups in total. The van der Waals surface area contributed by atoms with Gasteiger partial charge in [-0.2, -0.15) is 5.10 Å². The number of aromatic nitrogens is 3. The van der Waals surface area contributed by atoms with Crippen molar-refractivity contribution < 1.29 is 4.79 Å². The van der Waals surface area contributed by atoms with E-state index in [1.807, 2.05) is 0 Å². The minimum Gasteiger partial charge on any atom is -0.396 e. The number of nitrogens with two attached hydrogens (primary N) is 1. The smallest absolute Gasteiger partial charge is 0.277 e. The average molecular weight is 252 g/mol. The van der Waals surface area contributed by atoms with Gasteiger partial charge in [0.05, 0.1) is 16.9 Å². The first kappa shape index (κ1) is 11.4. The summed E-state index contributed by atoms with van der Waals surface area (Å²) in [5, 5.41) is 6.81. The van der Waals surface area contributed by atoms with Crippen molar-refractivity contribution in [2.75, 3.05) is 11.1 Å². The van der Waals surface area contributed by atoms with Gasteiger partial charge in [0.2, 0.25) is 0 Å². The molecule has 0 saturated carbocycles. The van der Waals surface area contributed by atoms with Crippen LogP contribution in [0.15, 0.2) is 24.5 Å². The van der Waals surface area contributed by atoms with Crippen molar-refractivity contribution in [1.82, 2.24) is 14.8 Å². The Bertz CT molecular complexity index is 546. The van der Waals surface area contributed by atoms with E-state index in [1.165, 1.54) is 17.1 Å². The molecule has 0 aliphatic rings. The number of pyridine rings is 1. The highest BCUT2D eigenvalue weighted by molar-refractivity contribution is 6.33. The molecule has 0 aliphatic heterocycles. The molecule has 0 aromatic carbocycles. The molecule has 7 heteroatoms. The minimum atomic E-state index is -0.400. The van der Waals surface area contributed by atoms with Crippen molar-refractivity contribution >= 4 is 29.0 Å². The molecule has 0 bridgehead atoms. The van der Waals surface area contributed by atoms with Gasteiger partial charge in [0.15, 0.2) is 5.82 Å². The van der Waals surface area contributed by atoms with Gasteiger partial charge in [-0.25, -0.2) is 4.98 Å². The maximum absolute atomic E-state index is 11.9. The number of aryl methyl sites for hydroxylation is 1. The number of carbonyl (C=O) groups excluding carboxylic acids is 1. The first-order valence-electron chi connectivity index (χ1n) is 4.79. The number of nitrogens with one attached hydrogen (secondary N) is 1. The van der Waals surface area contributed by atoms with Crippen LogP contribution in [0.4, 0.5) is 11.5 Å². The Kier molecular flexibility index (Phi) is 2.97. The van der Waals surface area contributed by atoms with Crippen molar-refractivity contribution in [1.29, 1.82) is 0 Å². The molecule has 0 unspecified atom stereocenters. The maximum Gasteiger partial charge on any atom is 0.277 e. The Balaban J connectivity index is 2.27. The van der Waals surface area contributed by atoms with Crippen molar-refractivity contribution in [3.63, 3.8) is 0 Å². The molecule has 0 atom stereocenters. The first-order valence-corrected chi connectivity index (χ1v) is 5.16. The molecule has 6 nitrogen and oxygen atoms in total. The Morgan fingerprint density at radius 1 is 1.59 bits per heavy atom. The zero-order chi connectivity index (χ0) is 12.4. The maximum atomic E-state index is 11.9. The highest BCUT2D eigenvalue weighted by Gasteiger charge is 2.16. The van der Waals surface area contributed by atoms with Crippen LogP contribution in [0.3, 0.4) is 0 Å². The summed E-state index contributed by atoms with van der Waals surface area (Å²) in [4.78, 5) is 15.9. The van der Waals surface area contributed by atoms with Crippen LogP contribution in [-0.4, -0.2) is 20.7 Å².